The smallest absolute Gasteiger partial charge is 0.160 e. The van der Waals surface area contributed by atoms with Gasteiger partial charge in [-0.3, -0.25) is 0 Å². The van der Waals surface area contributed by atoms with Crippen LogP contribution in [0.1, 0.15) is 32.4 Å². The summed E-state index contributed by atoms with van der Waals surface area (Å²) in [6, 6.07) is 5.14. The summed E-state index contributed by atoms with van der Waals surface area (Å²) in [6.45, 7) is 6.24. The minimum absolute atomic E-state index is 0. The third kappa shape index (κ3) is 3.29. The van der Waals surface area contributed by atoms with E-state index in [4.69, 9.17) is 10.5 Å². The number of ether oxygens (including phenoxy) is 1. The van der Waals surface area contributed by atoms with Crippen molar-refractivity contribution in [2.75, 3.05) is 7.11 Å². The molecule has 3 nitrogen and oxygen atoms in total. The minimum Gasteiger partial charge on any atom is -0.504 e. The number of halogens is 1. The Morgan fingerprint density at radius 2 is 1.88 bits per heavy atom. The number of phenolic OH excluding ortho intramolecular Hbond substituents is 1. The van der Waals surface area contributed by atoms with Crippen LogP contribution < -0.4 is 10.5 Å². The molecule has 0 bridgehead atoms. The highest BCUT2D eigenvalue weighted by Crippen LogP contribution is 2.34. The number of methoxy groups -OCH3 is 1. The van der Waals surface area contributed by atoms with Crippen molar-refractivity contribution in [3.8, 4) is 11.5 Å². The molecule has 3 N–H and O–H groups in total. The monoisotopic (exact) mass is 245 g/mol. The van der Waals surface area contributed by atoms with Gasteiger partial charge in [-0.15, -0.1) is 12.4 Å². The predicted octanol–water partition coefficient (Wildman–Crippen LogP) is 2.87. The average Bonchev–Trinajstić information content (AvgIpc) is 2.16. The Morgan fingerprint density at radius 1 is 1.31 bits per heavy atom. The van der Waals surface area contributed by atoms with Gasteiger partial charge in [0.25, 0.3) is 0 Å². The van der Waals surface area contributed by atoms with Gasteiger partial charge >= 0.3 is 0 Å². The zero-order valence-electron chi connectivity index (χ0n) is 10.2. The van der Waals surface area contributed by atoms with Crippen LogP contribution in [0.4, 0.5) is 0 Å². The molecule has 1 rings (SSSR count). The van der Waals surface area contributed by atoms with E-state index < -0.39 is 0 Å². The molecule has 0 fully saturated rings. The van der Waals surface area contributed by atoms with E-state index in [1.165, 1.54) is 7.11 Å². The molecular formula is C12H20ClNO2. The quantitative estimate of drug-likeness (QED) is 0.843. The molecule has 0 aliphatic heterocycles. The van der Waals surface area contributed by atoms with Gasteiger partial charge in [-0.05, 0) is 23.1 Å². The third-order valence-electron chi connectivity index (χ3n) is 2.50. The fraction of sp³-hybridized carbons (Fsp3) is 0.500. The average molecular weight is 246 g/mol. The summed E-state index contributed by atoms with van der Waals surface area (Å²) in [5.41, 5.74) is 7.07. The lowest BCUT2D eigenvalue weighted by atomic mass is 9.83. The maximum atomic E-state index is 9.45. The Bertz CT molecular complexity index is 347. The molecule has 0 heterocycles. The third-order valence-corrected chi connectivity index (χ3v) is 2.50. The fourth-order valence-corrected chi connectivity index (χ4v) is 1.39. The van der Waals surface area contributed by atoms with Crippen molar-refractivity contribution in [1.82, 2.24) is 0 Å². The van der Waals surface area contributed by atoms with Crippen molar-refractivity contribution in [3.05, 3.63) is 23.8 Å². The summed E-state index contributed by atoms with van der Waals surface area (Å²) < 4.78 is 5.04. The SMILES string of the molecule is COc1cc([C@@H](N)C(C)(C)C)ccc1O.Cl. The molecular weight excluding hydrogens is 226 g/mol. The molecule has 0 spiro atoms. The second-order valence-electron chi connectivity index (χ2n) is 4.77. The first-order valence-corrected chi connectivity index (χ1v) is 4.98. The van der Waals surface area contributed by atoms with Crippen molar-refractivity contribution in [2.24, 2.45) is 11.1 Å². The zero-order chi connectivity index (χ0) is 11.6. The lowest BCUT2D eigenvalue weighted by Crippen LogP contribution is -2.26. The highest BCUT2D eigenvalue weighted by atomic mass is 35.5. The van der Waals surface area contributed by atoms with Gasteiger partial charge in [-0.2, -0.15) is 0 Å². The van der Waals surface area contributed by atoms with Crippen molar-refractivity contribution < 1.29 is 9.84 Å². The van der Waals surface area contributed by atoms with Gasteiger partial charge in [-0.25, -0.2) is 0 Å². The first kappa shape index (κ1) is 15.1. The Labute approximate surface area is 103 Å². The van der Waals surface area contributed by atoms with Crippen molar-refractivity contribution in [1.29, 1.82) is 0 Å². The normalized spacial score (nSPS) is 12.8. The Morgan fingerprint density at radius 3 is 2.31 bits per heavy atom. The molecule has 0 saturated heterocycles. The van der Waals surface area contributed by atoms with E-state index in [-0.39, 0.29) is 29.6 Å². The lowest BCUT2D eigenvalue weighted by molar-refractivity contribution is 0.324. The van der Waals surface area contributed by atoms with Crippen LogP contribution in [0.5, 0.6) is 11.5 Å². The molecule has 0 unspecified atom stereocenters. The van der Waals surface area contributed by atoms with E-state index in [1.54, 1.807) is 12.1 Å². The van der Waals surface area contributed by atoms with Crippen LogP contribution in [0.15, 0.2) is 18.2 Å². The highest BCUT2D eigenvalue weighted by Gasteiger charge is 2.22. The molecule has 0 aliphatic carbocycles. The van der Waals surface area contributed by atoms with Crippen LogP contribution in [0.25, 0.3) is 0 Å². The van der Waals surface area contributed by atoms with E-state index in [0.717, 1.165) is 5.56 Å². The van der Waals surface area contributed by atoms with E-state index >= 15 is 0 Å². The minimum atomic E-state index is -0.0769. The first-order valence-electron chi connectivity index (χ1n) is 4.98. The number of nitrogens with two attached hydrogens (primary N) is 1. The Hall–Kier alpha value is -0.930. The maximum absolute atomic E-state index is 9.45. The maximum Gasteiger partial charge on any atom is 0.160 e. The van der Waals surface area contributed by atoms with Gasteiger partial charge in [0.05, 0.1) is 7.11 Å². The summed E-state index contributed by atoms with van der Waals surface area (Å²) >= 11 is 0. The van der Waals surface area contributed by atoms with Crippen LogP contribution in [0, 0.1) is 5.41 Å². The second kappa shape index (κ2) is 5.41. The van der Waals surface area contributed by atoms with Gasteiger partial charge in [-0.1, -0.05) is 26.8 Å². The van der Waals surface area contributed by atoms with Gasteiger partial charge in [0.1, 0.15) is 0 Å². The van der Waals surface area contributed by atoms with Crippen LogP contribution in [-0.4, -0.2) is 12.2 Å². The van der Waals surface area contributed by atoms with Gasteiger partial charge in [0.15, 0.2) is 11.5 Å². The second-order valence-corrected chi connectivity index (χ2v) is 4.77. The fourth-order valence-electron chi connectivity index (χ4n) is 1.39. The largest absolute Gasteiger partial charge is 0.504 e. The van der Waals surface area contributed by atoms with Gasteiger partial charge in [0, 0.05) is 6.04 Å². The molecule has 1 atom stereocenters. The summed E-state index contributed by atoms with van der Waals surface area (Å²) in [5, 5.41) is 9.45. The van der Waals surface area contributed by atoms with Gasteiger partial charge in [0.2, 0.25) is 0 Å². The molecule has 4 heteroatoms. The topological polar surface area (TPSA) is 55.5 Å². The molecule has 0 aliphatic rings. The number of hydrogen-bond acceptors (Lipinski definition) is 3. The molecule has 0 saturated carbocycles. The van der Waals surface area contributed by atoms with E-state index in [1.807, 2.05) is 6.07 Å². The number of phenols is 1. The van der Waals surface area contributed by atoms with Crippen LogP contribution in [0.3, 0.4) is 0 Å². The Balaban J connectivity index is 0.00000225. The van der Waals surface area contributed by atoms with E-state index in [9.17, 15) is 5.11 Å². The number of benzene rings is 1. The van der Waals surface area contributed by atoms with E-state index in [0.29, 0.717) is 5.75 Å². The predicted molar refractivity (Wildman–Crippen MR) is 68.3 cm³/mol. The molecule has 92 valence electrons. The van der Waals surface area contributed by atoms with Crippen LogP contribution in [0.2, 0.25) is 0 Å². The Kier molecular flexibility index (Phi) is 5.10. The molecule has 1 aromatic carbocycles. The summed E-state index contributed by atoms with van der Waals surface area (Å²) in [7, 11) is 1.53. The first-order chi connectivity index (χ1) is 6.86. The summed E-state index contributed by atoms with van der Waals surface area (Å²) in [4.78, 5) is 0. The van der Waals surface area contributed by atoms with Gasteiger partial charge < -0.3 is 15.6 Å². The summed E-state index contributed by atoms with van der Waals surface area (Å²) in [6.07, 6.45) is 0. The van der Waals surface area contributed by atoms with Crippen molar-refractivity contribution in [3.63, 3.8) is 0 Å². The molecule has 0 amide bonds. The van der Waals surface area contributed by atoms with Crippen LogP contribution >= 0.6 is 12.4 Å². The number of hydrogen-bond donors (Lipinski definition) is 2. The van der Waals surface area contributed by atoms with Crippen LogP contribution in [-0.2, 0) is 0 Å². The molecule has 16 heavy (non-hydrogen) atoms. The standard InChI is InChI=1S/C12H19NO2.ClH/c1-12(2,3)11(13)8-5-6-9(14)10(7-8)15-4;/h5-7,11,14H,13H2,1-4H3;1H/t11-;/m1./s1. The molecule has 1 aromatic rings. The number of aromatic hydroxyl groups is 1. The van der Waals surface area contributed by atoms with Crippen molar-refractivity contribution >= 4 is 12.4 Å². The lowest BCUT2D eigenvalue weighted by Gasteiger charge is -2.27. The molecule has 0 radical (unpaired) electrons. The summed E-state index contributed by atoms with van der Waals surface area (Å²) in [5.74, 6) is 0.606. The van der Waals surface area contributed by atoms with Crippen molar-refractivity contribution in [2.45, 2.75) is 26.8 Å². The van der Waals surface area contributed by atoms with E-state index in [2.05, 4.69) is 20.8 Å². The highest BCUT2D eigenvalue weighted by molar-refractivity contribution is 5.85. The zero-order valence-corrected chi connectivity index (χ0v) is 11.0. The molecule has 0 aromatic heterocycles. The number of rotatable bonds is 2.